The molecule has 2 aromatic carbocycles. The lowest BCUT2D eigenvalue weighted by atomic mass is 10.0. The molecule has 1 amide bonds. The Bertz CT molecular complexity index is 1210. The van der Waals surface area contributed by atoms with Crippen LogP contribution in [0.4, 0.5) is 0 Å². The number of benzene rings is 2. The third kappa shape index (κ3) is 4.96. The van der Waals surface area contributed by atoms with Crippen LogP contribution in [0.1, 0.15) is 54.7 Å². The number of rotatable bonds is 8. The minimum atomic E-state index is -0.735. The zero-order chi connectivity index (χ0) is 23.3. The minimum Gasteiger partial charge on any atom is -0.497 e. The van der Waals surface area contributed by atoms with E-state index >= 15 is 0 Å². The van der Waals surface area contributed by atoms with Gasteiger partial charge in [-0.3, -0.25) is 14.2 Å². The van der Waals surface area contributed by atoms with Crippen LogP contribution < -0.4 is 21.3 Å². The van der Waals surface area contributed by atoms with Crippen molar-refractivity contribution in [3.63, 3.8) is 0 Å². The third-order valence-corrected chi connectivity index (χ3v) is 5.09. The molecule has 0 aliphatic carbocycles. The van der Waals surface area contributed by atoms with E-state index in [4.69, 9.17) is 4.74 Å². The summed E-state index contributed by atoms with van der Waals surface area (Å²) in [6.07, 6.45) is 0.708. The van der Waals surface area contributed by atoms with Gasteiger partial charge in [-0.25, -0.2) is 4.79 Å². The van der Waals surface area contributed by atoms with Gasteiger partial charge in [0.15, 0.2) is 0 Å². The molecule has 32 heavy (non-hydrogen) atoms. The van der Waals surface area contributed by atoms with Crippen molar-refractivity contribution >= 4 is 5.91 Å². The van der Waals surface area contributed by atoms with Gasteiger partial charge in [0.05, 0.1) is 19.3 Å². The number of ether oxygens (including phenoxy) is 1. The smallest absolute Gasteiger partial charge is 0.352 e. The average molecular weight is 437 g/mol. The molecule has 0 unspecified atom stereocenters. The molecule has 1 aromatic heterocycles. The Balaban J connectivity index is 2.15. The predicted octanol–water partition coefficient (Wildman–Crippen LogP) is 2.71. The fraction of sp³-hybridized carbons (Fsp3) is 0.333. The van der Waals surface area contributed by atoms with Gasteiger partial charge in [-0.15, -0.1) is 0 Å². The highest BCUT2D eigenvalue weighted by Gasteiger charge is 2.20. The van der Waals surface area contributed by atoms with Crippen molar-refractivity contribution in [2.75, 3.05) is 13.7 Å². The van der Waals surface area contributed by atoms with E-state index in [1.807, 2.05) is 19.1 Å². The van der Waals surface area contributed by atoms with Crippen LogP contribution in [0.2, 0.25) is 0 Å². The number of carbonyl (C=O) groups is 1. The molecule has 0 aliphatic heterocycles. The molecule has 0 aliphatic rings. The SMILES string of the molecule is CCCNC(=O)c1nn(-c2ccc(C(C)C)cc2)c(=O)n(Cc2cccc(OC)c2)c1=O. The molecule has 0 saturated carbocycles. The maximum Gasteiger partial charge on any atom is 0.352 e. The Kier molecular flexibility index (Phi) is 7.25. The molecule has 3 rings (SSSR count). The lowest BCUT2D eigenvalue weighted by molar-refractivity contribution is 0.0944. The van der Waals surface area contributed by atoms with Crippen LogP contribution >= 0.6 is 0 Å². The quantitative estimate of drug-likeness (QED) is 0.586. The van der Waals surface area contributed by atoms with E-state index in [0.29, 0.717) is 35.9 Å². The van der Waals surface area contributed by atoms with E-state index < -0.39 is 17.2 Å². The van der Waals surface area contributed by atoms with Gasteiger partial charge in [0.2, 0.25) is 5.69 Å². The van der Waals surface area contributed by atoms with Crippen molar-refractivity contribution in [1.29, 1.82) is 0 Å². The maximum atomic E-state index is 13.3. The summed E-state index contributed by atoms with van der Waals surface area (Å²) in [7, 11) is 1.54. The first-order valence-corrected chi connectivity index (χ1v) is 10.6. The lowest BCUT2D eigenvalue weighted by Gasteiger charge is -2.13. The molecule has 8 heteroatoms. The van der Waals surface area contributed by atoms with Crippen molar-refractivity contribution in [1.82, 2.24) is 19.7 Å². The van der Waals surface area contributed by atoms with Gasteiger partial charge in [0, 0.05) is 6.54 Å². The Hall–Kier alpha value is -3.68. The number of carbonyl (C=O) groups excluding carboxylic acids is 1. The normalized spacial score (nSPS) is 10.9. The second-order valence-electron chi connectivity index (χ2n) is 7.79. The van der Waals surface area contributed by atoms with Crippen LogP contribution in [0.25, 0.3) is 5.69 Å². The summed E-state index contributed by atoms with van der Waals surface area (Å²) < 4.78 is 7.37. The summed E-state index contributed by atoms with van der Waals surface area (Å²) in [5, 5.41) is 6.81. The number of hydrogen-bond donors (Lipinski definition) is 1. The van der Waals surface area contributed by atoms with E-state index in [1.54, 1.807) is 43.5 Å². The number of amides is 1. The van der Waals surface area contributed by atoms with E-state index in [1.165, 1.54) is 0 Å². The van der Waals surface area contributed by atoms with E-state index in [0.717, 1.165) is 14.8 Å². The van der Waals surface area contributed by atoms with Crippen molar-refractivity contribution in [2.24, 2.45) is 0 Å². The van der Waals surface area contributed by atoms with Gasteiger partial charge >= 0.3 is 5.69 Å². The summed E-state index contributed by atoms with van der Waals surface area (Å²) in [5.41, 5.74) is 0.588. The Morgan fingerprint density at radius 1 is 1.12 bits per heavy atom. The zero-order valence-electron chi connectivity index (χ0n) is 18.8. The summed E-state index contributed by atoms with van der Waals surface area (Å²) in [6, 6.07) is 14.4. The highest BCUT2D eigenvalue weighted by atomic mass is 16.5. The molecule has 3 aromatic rings. The van der Waals surface area contributed by atoms with Crippen LogP contribution in [0.5, 0.6) is 5.75 Å². The molecule has 0 bridgehead atoms. The lowest BCUT2D eigenvalue weighted by Crippen LogP contribution is -2.46. The fourth-order valence-electron chi connectivity index (χ4n) is 3.24. The number of nitrogens with zero attached hydrogens (tertiary/aromatic N) is 3. The largest absolute Gasteiger partial charge is 0.497 e. The van der Waals surface area contributed by atoms with E-state index in [-0.39, 0.29) is 12.2 Å². The molecule has 0 saturated heterocycles. The van der Waals surface area contributed by atoms with Gasteiger partial charge in [-0.1, -0.05) is 45.0 Å². The third-order valence-electron chi connectivity index (χ3n) is 5.09. The summed E-state index contributed by atoms with van der Waals surface area (Å²) in [6.45, 7) is 6.44. The Labute approximate surface area is 186 Å². The van der Waals surface area contributed by atoms with Crippen LogP contribution in [-0.4, -0.2) is 33.9 Å². The molecule has 0 radical (unpaired) electrons. The minimum absolute atomic E-state index is 0.0183. The van der Waals surface area contributed by atoms with Gasteiger partial charge in [0.25, 0.3) is 11.5 Å². The molecule has 168 valence electrons. The van der Waals surface area contributed by atoms with Crippen LogP contribution in [0.15, 0.2) is 58.1 Å². The van der Waals surface area contributed by atoms with Gasteiger partial charge in [-0.05, 0) is 47.7 Å². The molecular formula is C24H28N4O4. The second-order valence-corrected chi connectivity index (χ2v) is 7.79. The zero-order valence-corrected chi connectivity index (χ0v) is 18.8. The topological polar surface area (TPSA) is 95.2 Å². The first-order chi connectivity index (χ1) is 15.3. The molecule has 0 atom stereocenters. The highest BCUT2D eigenvalue weighted by Crippen LogP contribution is 2.16. The number of methoxy groups -OCH3 is 1. The van der Waals surface area contributed by atoms with Crippen molar-refractivity contribution in [3.8, 4) is 11.4 Å². The van der Waals surface area contributed by atoms with E-state index in [9.17, 15) is 14.4 Å². The molecule has 0 spiro atoms. The van der Waals surface area contributed by atoms with Crippen molar-refractivity contribution < 1.29 is 9.53 Å². The predicted molar refractivity (Wildman–Crippen MR) is 123 cm³/mol. The van der Waals surface area contributed by atoms with Gasteiger partial charge in [0.1, 0.15) is 5.75 Å². The van der Waals surface area contributed by atoms with Crippen LogP contribution in [0.3, 0.4) is 0 Å². The van der Waals surface area contributed by atoms with Gasteiger partial charge in [-0.2, -0.15) is 9.78 Å². The fourth-order valence-corrected chi connectivity index (χ4v) is 3.24. The maximum absolute atomic E-state index is 13.3. The monoisotopic (exact) mass is 436 g/mol. The Morgan fingerprint density at radius 2 is 1.84 bits per heavy atom. The van der Waals surface area contributed by atoms with E-state index in [2.05, 4.69) is 24.3 Å². The first kappa shape index (κ1) is 23.0. The highest BCUT2D eigenvalue weighted by molar-refractivity contribution is 5.91. The molecule has 0 fully saturated rings. The number of aromatic nitrogens is 3. The second kappa shape index (κ2) is 10.1. The standard InChI is InChI=1S/C24H28N4O4/c1-5-13-25-22(29)21-23(30)27(15-17-7-6-8-20(14-17)32-4)24(31)28(26-21)19-11-9-18(10-12-19)16(2)3/h6-12,14,16H,5,13,15H2,1-4H3,(H,25,29). The molecule has 8 nitrogen and oxygen atoms in total. The summed E-state index contributed by atoms with van der Waals surface area (Å²) in [5.74, 6) is 0.324. The number of nitrogens with one attached hydrogen (secondary N) is 1. The first-order valence-electron chi connectivity index (χ1n) is 10.6. The Morgan fingerprint density at radius 3 is 2.47 bits per heavy atom. The average Bonchev–Trinajstić information content (AvgIpc) is 2.80. The summed E-state index contributed by atoms with van der Waals surface area (Å²) in [4.78, 5) is 39.0. The number of hydrogen-bond acceptors (Lipinski definition) is 5. The van der Waals surface area contributed by atoms with Crippen molar-refractivity contribution in [3.05, 3.63) is 86.2 Å². The van der Waals surface area contributed by atoms with Gasteiger partial charge < -0.3 is 10.1 Å². The van der Waals surface area contributed by atoms with Crippen LogP contribution in [-0.2, 0) is 6.54 Å². The summed E-state index contributed by atoms with van der Waals surface area (Å²) >= 11 is 0. The van der Waals surface area contributed by atoms with Crippen molar-refractivity contribution in [2.45, 2.75) is 39.7 Å². The van der Waals surface area contributed by atoms with Crippen LogP contribution in [0, 0.1) is 0 Å². The molecular weight excluding hydrogens is 408 g/mol. The molecule has 1 heterocycles. The molecule has 1 N–H and O–H groups in total.